The summed E-state index contributed by atoms with van der Waals surface area (Å²) in [5.74, 6) is 0.698. The number of nitrogens with zero attached hydrogens (tertiary/aromatic N) is 2. The van der Waals surface area contributed by atoms with E-state index < -0.39 is 9.84 Å². The van der Waals surface area contributed by atoms with Gasteiger partial charge in [0.05, 0.1) is 5.69 Å². The number of piperidine rings is 1. The van der Waals surface area contributed by atoms with Gasteiger partial charge in [-0.2, -0.15) is 0 Å². The van der Waals surface area contributed by atoms with E-state index in [1.807, 2.05) is 0 Å². The van der Waals surface area contributed by atoms with Crippen LogP contribution in [0.25, 0.3) is 11.4 Å². The Labute approximate surface area is 135 Å². The van der Waals surface area contributed by atoms with Crippen LogP contribution >= 0.6 is 0 Å². The second-order valence-corrected chi connectivity index (χ2v) is 7.79. The summed E-state index contributed by atoms with van der Waals surface area (Å²) in [5, 5.41) is 12.7. The Morgan fingerprint density at radius 2 is 2.00 bits per heavy atom. The number of phenolic OH excluding ortho intramolecular Hbond substituents is 1. The first-order valence-corrected chi connectivity index (χ1v) is 9.41. The van der Waals surface area contributed by atoms with Crippen molar-refractivity contribution in [1.82, 2.24) is 15.3 Å². The number of rotatable bonds is 3. The fourth-order valence-electron chi connectivity index (χ4n) is 2.80. The largest absolute Gasteiger partial charge is 0.508 e. The van der Waals surface area contributed by atoms with E-state index in [4.69, 9.17) is 0 Å². The lowest BCUT2D eigenvalue weighted by Crippen LogP contribution is -2.30. The third kappa shape index (κ3) is 3.51. The molecule has 122 valence electrons. The number of aromatic nitrogens is 2. The van der Waals surface area contributed by atoms with Gasteiger partial charge in [0.1, 0.15) is 10.6 Å². The quantitative estimate of drug-likeness (QED) is 0.888. The molecule has 0 aliphatic carbocycles. The number of nitrogens with one attached hydrogen (secondary N) is 1. The SMILES string of the molecule is CS(=O)(=O)c1cnc(-c2ccc(O)cc2)nc1[C@H]1CCCNC1. The van der Waals surface area contributed by atoms with Gasteiger partial charge in [0.15, 0.2) is 15.7 Å². The summed E-state index contributed by atoms with van der Waals surface area (Å²) >= 11 is 0. The van der Waals surface area contributed by atoms with Crippen molar-refractivity contribution in [3.63, 3.8) is 0 Å². The molecule has 1 atom stereocenters. The lowest BCUT2D eigenvalue weighted by Gasteiger charge is -2.24. The molecule has 1 aliphatic heterocycles. The zero-order chi connectivity index (χ0) is 16.4. The molecule has 1 fully saturated rings. The molecule has 6 nitrogen and oxygen atoms in total. The summed E-state index contributed by atoms with van der Waals surface area (Å²) in [5.41, 5.74) is 1.32. The van der Waals surface area contributed by atoms with Gasteiger partial charge < -0.3 is 10.4 Å². The lowest BCUT2D eigenvalue weighted by atomic mass is 9.96. The molecule has 0 radical (unpaired) electrons. The molecule has 1 saturated heterocycles. The fraction of sp³-hybridized carbons (Fsp3) is 0.375. The first-order valence-electron chi connectivity index (χ1n) is 7.52. The summed E-state index contributed by atoms with van der Waals surface area (Å²) in [6, 6.07) is 6.55. The zero-order valence-electron chi connectivity index (χ0n) is 12.9. The van der Waals surface area contributed by atoms with Crippen molar-refractivity contribution in [2.75, 3.05) is 19.3 Å². The molecule has 0 amide bonds. The number of phenols is 1. The van der Waals surface area contributed by atoms with Gasteiger partial charge in [-0.05, 0) is 43.7 Å². The average molecular weight is 333 g/mol. The number of aromatic hydroxyl groups is 1. The summed E-state index contributed by atoms with van der Waals surface area (Å²) < 4.78 is 24.1. The molecule has 2 heterocycles. The van der Waals surface area contributed by atoms with Gasteiger partial charge in [0, 0.05) is 30.5 Å². The third-order valence-corrected chi connectivity index (χ3v) is 5.10. The van der Waals surface area contributed by atoms with Crippen LogP contribution in [-0.2, 0) is 9.84 Å². The average Bonchev–Trinajstić information content (AvgIpc) is 2.55. The minimum absolute atomic E-state index is 0.0624. The van der Waals surface area contributed by atoms with Crippen molar-refractivity contribution in [3.05, 3.63) is 36.2 Å². The highest BCUT2D eigenvalue weighted by Crippen LogP contribution is 2.29. The van der Waals surface area contributed by atoms with E-state index in [0.717, 1.165) is 24.9 Å². The lowest BCUT2D eigenvalue weighted by molar-refractivity contribution is 0.448. The van der Waals surface area contributed by atoms with Gasteiger partial charge >= 0.3 is 0 Å². The second-order valence-electron chi connectivity index (χ2n) is 5.81. The highest BCUT2D eigenvalue weighted by atomic mass is 32.2. The molecule has 1 aliphatic rings. The minimum atomic E-state index is -3.38. The van der Waals surface area contributed by atoms with E-state index in [9.17, 15) is 13.5 Å². The van der Waals surface area contributed by atoms with Gasteiger partial charge in [-0.25, -0.2) is 18.4 Å². The maximum absolute atomic E-state index is 12.1. The van der Waals surface area contributed by atoms with Crippen LogP contribution in [0.1, 0.15) is 24.5 Å². The van der Waals surface area contributed by atoms with Gasteiger partial charge in [-0.1, -0.05) is 0 Å². The van der Waals surface area contributed by atoms with E-state index in [2.05, 4.69) is 15.3 Å². The van der Waals surface area contributed by atoms with Crippen molar-refractivity contribution in [3.8, 4) is 17.1 Å². The van der Waals surface area contributed by atoms with Gasteiger partial charge in [-0.15, -0.1) is 0 Å². The molecular formula is C16H19N3O3S. The molecule has 2 N–H and O–H groups in total. The molecule has 0 bridgehead atoms. The van der Waals surface area contributed by atoms with Crippen LogP contribution in [0, 0.1) is 0 Å². The van der Waals surface area contributed by atoms with Crippen molar-refractivity contribution < 1.29 is 13.5 Å². The molecule has 23 heavy (non-hydrogen) atoms. The number of hydrogen-bond donors (Lipinski definition) is 2. The molecule has 0 spiro atoms. The second kappa shape index (κ2) is 6.25. The maximum Gasteiger partial charge on any atom is 0.178 e. The summed E-state index contributed by atoms with van der Waals surface area (Å²) in [7, 11) is -3.38. The predicted octanol–water partition coefficient (Wildman–Crippen LogP) is 1.72. The monoisotopic (exact) mass is 333 g/mol. The van der Waals surface area contributed by atoms with Crippen LogP contribution in [0.2, 0.25) is 0 Å². The Kier molecular flexibility index (Phi) is 4.32. The molecule has 1 aromatic heterocycles. The van der Waals surface area contributed by atoms with E-state index in [1.165, 1.54) is 12.5 Å². The first kappa shape index (κ1) is 15.9. The molecule has 0 saturated carbocycles. The highest BCUT2D eigenvalue weighted by Gasteiger charge is 2.25. The zero-order valence-corrected chi connectivity index (χ0v) is 13.7. The highest BCUT2D eigenvalue weighted by molar-refractivity contribution is 7.90. The fourth-order valence-corrected chi connectivity index (χ4v) is 3.63. The first-order chi connectivity index (χ1) is 10.9. The number of benzene rings is 1. The van der Waals surface area contributed by atoms with Crippen LogP contribution in [0.15, 0.2) is 35.4 Å². The molecule has 3 rings (SSSR count). The number of sulfone groups is 1. The van der Waals surface area contributed by atoms with Crippen molar-refractivity contribution >= 4 is 9.84 Å². The Morgan fingerprint density at radius 1 is 1.26 bits per heavy atom. The van der Waals surface area contributed by atoms with Gasteiger partial charge in [0.2, 0.25) is 0 Å². The van der Waals surface area contributed by atoms with Crippen LogP contribution in [-0.4, -0.2) is 42.8 Å². The molecule has 2 aromatic rings. The Balaban J connectivity index is 2.08. The molecule has 0 unspecified atom stereocenters. The van der Waals surface area contributed by atoms with E-state index >= 15 is 0 Å². The van der Waals surface area contributed by atoms with Crippen LogP contribution in [0.5, 0.6) is 5.75 Å². The normalized spacial score (nSPS) is 18.7. The van der Waals surface area contributed by atoms with Crippen LogP contribution in [0.4, 0.5) is 0 Å². The van der Waals surface area contributed by atoms with Gasteiger partial charge in [-0.3, -0.25) is 0 Å². The summed E-state index contributed by atoms with van der Waals surface area (Å²) in [6.07, 6.45) is 4.48. The Morgan fingerprint density at radius 3 is 2.61 bits per heavy atom. The van der Waals surface area contributed by atoms with E-state index in [-0.39, 0.29) is 16.6 Å². The Bertz CT molecular complexity index is 798. The summed E-state index contributed by atoms with van der Waals surface area (Å²) in [6.45, 7) is 1.66. The topological polar surface area (TPSA) is 92.2 Å². The van der Waals surface area contributed by atoms with E-state index in [0.29, 0.717) is 18.1 Å². The molecular weight excluding hydrogens is 314 g/mol. The minimum Gasteiger partial charge on any atom is -0.508 e. The van der Waals surface area contributed by atoms with Crippen LogP contribution < -0.4 is 5.32 Å². The van der Waals surface area contributed by atoms with Crippen molar-refractivity contribution in [1.29, 1.82) is 0 Å². The van der Waals surface area contributed by atoms with Crippen LogP contribution in [0.3, 0.4) is 0 Å². The van der Waals surface area contributed by atoms with Crippen molar-refractivity contribution in [2.45, 2.75) is 23.7 Å². The smallest absolute Gasteiger partial charge is 0.178 e. The van der Waals surface area contributed by atoms with E-state index in [1.54, 1.807) is 24.3 Å². The number of hydrogen-bond acceptors (Lipinski definition) is 6. The predicted molar refractivity (Wildman–Crippen MR) is 87.1 cm³/mol. The standard InChI is InChI=1S/C16H19N3O3S/c1-23(21,22)14-10-18-16(11-4-6-13(20)7-5-11)19-15(14)12-3-2-8-17-9-12/h4-7,10,12,17,20H,2-3,8-9H2,1H3/t12-/m0/s1. The Hall–Kier alpha value is -1.99. The molecule has 7 heteroatoms. The van der Waals surface area contributed by atoms with Gasteiger partial charge in [0.25, 0.3) is 0 Å². The third-order valence-electron chi connectivity index (χ3n) is 3.99. The molecule has 1 aromatic carbocycles. The summed E-state index contributed by atoms with van der Waals surface area (Å²) in [4.78, 5) is 8.96. The van der Waals surface area contributed by atoms with Crippen molar-refractivity contribution in [2.24, 2.45) is 0 Å². The maximum atomic E-state index is 12.1.